The van der Waals surface area contributed by atoms with Gasteiger partial charge in [-0.15, -0.1) is 0 Å². The number of nitrogens with zero attached hydrogens (tertiary/aromatic N) is 4. The number of hydrogen-bond acceptors (Lipinski definition) is 10. The molecule has 2 aromatic heterocycles. The van der Waals surface area contributed by atoms with Gasteiger partial charge in [0.2, 0.25) is 5.91 Å². The van der Waals surface area contributed by atoms with Gasteiger partial charge in [-0.2, -0.15) is 9.97 Å². The third-order valence-corrected chi connectivity index (χ3v) is 7.48. The Morgan fingerprint density at radius 1 is 1.09 bits per heavy atom. The minimum Gasteiger partial charge on any atom is -0.469 e. The smallest absolute Gasteiger partial charge is 0.327 e. The van der Waals surface area contributed by atoms with Gasteiger partial charge in [0.15, 0.2) is 11.5 Å². The molecule has 0 spiro atoms. The second-order valence-corrected chi connectivity index (χ2v) is 10.8. The zero-order valence-electron chi connectivity index (χ0n) is 26.5. The third kappa shape index (κ3) is 10.6. The van der Waals surface area contributed by atoms with Gasteiger partial charge in [-0.1, -0.05) is 51.5 Å². The van der Waals surface area contributed by atoms with Crippen molar-refractivity contribution in [3.63, 3.8) is 0 Å². The predicted octanol–water partition coefficient (Wildman–Crippen LogP) is 2.38. The fourth-order valence-electron chi connectivity index (χ4n) is 4.90. The van der Waals surface area contributed by atoms with Crippen LogP contribution in [0.1, 0.15) is 64.0 Å². The second-order valence-electron chi connectivity index (χ2n) is 10.8. The molecule has 0 radical (unpaired) electrons. The summed E-state index contributed by atoms with van der Waals surface area (Å²) in [5.74, 6) is -0.127. The first-order chi connectivity index (χ1) is 21.3. The number of fused-ring (bicyclic) bond motifs is 1. The van der Waals surface area contributed by atoms with E-state index in [1.54, 1.807) is 4.57 Å². The summed E-state index contributed by atoms with van der Waals surface area (Å²) in [6.07, 6.45) is 4.56. The molecule has 1 atom stereocenters. The van der Waals surface area contributed by atoms with Crippen molar-refractivity contribution in [1.82, 2.24) is 35.1 Å². The normalized spacial score (nSPS) is 12.0. The summed E-state index contributed by atoms with van der Waals surface area (Å²) in [6, 6.07) is 7.97. The van der Waals surface area contributed by atoms with Crippen LogP contribution in [-0.4, -0.2) is 82.2 Å². The molecular formula is C31H48N8O5. The van der Waals surface area contributed by atoms with Gasteiger partial charge in [-0.05, 0) is 49.9 Å². The van der Waals surface area contributed by atoms with Crippen molar-refractivity contribution in [3.8, 4) is 6.01 Å². The van der Waals surface area contributed by atoms with Crippen LogP contribution in [0.5, 0.6) is 6.01 Å². The number of aromatic amines is 1. The topological polar surface area (TPSA) is 169 Å². The fourth-order valence-corrected chi connectivity index (χ4v) is 4.90. The van der Waals surface area contributed by atoms with Gasteiger partial charge in [0.25, 0.3) is 0 Å². The summed E-state index contributed by atoms with van der Waals surface area (Å²) in [5.41, 5.74) is 8.51. The quantitative estimate of drug-likeness (QED) is 0.110. The molecule has 242 valence electrons. The van der Waals surface area contributed by atoms with E-state index in [0.717, 1.165) is 62.9 Å². The molecule has 0 fully saturated rings. The average molecular weight is 613 g/mol. The number of hydrogen-bond donors (Lipinski definition) is 4. The molecule has 13 nitrogen and oxygen atoms in total. The number of nitrogens with one attached hydrogen (secondary N) is 3. The van der Waals surface area contributed by atoms with E-state index in [2.05, 4.69) is 44.3 Å². The lowest BCUT2D eigenvalue weighted by Gasteiger charge is -2.24. The summed E-state index contributed by atoms with van der Waals surface area (Å²) in [6.45, 7) is 10.2. The van der Waals surface area contributed by atoms with Crippen LogP contribution in [0, 0.1) is 0 Å². The van der Waals surface area contributed by atoms with Crippen molar-refractivity contribution in [2.75, 3.05) is 45.6 Å². The van der Waals surface area contributed by atoms with Crippen LogP contribution < -0.4 is 26.8 Å². The first kappa shape index (κ1) is 34.5. The predicted molar refractivity (Wildman–Crippen MR) is 170 cm³/mol. The van der Waals surface area contributed by atoms with Gasteiger partial charge in [-0.25, -0.2) is 4.79 Å². The number of carbonyl (C=O) groups excluding carboxylic acids is 2. The van der Waals surface area contributed by atoms with Crippen molar-refractivity contribution in [3.05, 3.63) is 45.9 Å². The highest BCUT2D eigenvalue weighted by molar-refractivity contribution is 5.81. The zero-order valence-corrected chi connectivity index (χ0v) is 26.5. The second kappa shape index (κ2) is 18.0. The number of rotatable bonds is 20. The summed E-state index contributed by atoms with van der Waals surface area (Å²) in [5, 5.41) is 6.53. The van der Waals surface area contributed by atoms with E-state index in [0.29, 0.717) is 37.4 Å². The lowest BCUT2D eigenvalue weighted by Crippen LogP contribution is -2.40. The third-order valence-electron chi connectivity index (χ3n) is 7.48. The number of aromatic nitrogens is 4. The summed E-state index contributed by atoms with van der Waals surface area (Å²) >= 11 is 0. The van der Waals surface area contributed by atoms with E-state index < -0.39 is 0 Å². The minimum atomic E-state index is -0.283. The van der Waals surface area contributed by atoms with Crippen LogP contribution in [0.3, 0.4) is 0 Å². The van der Waals surface area contributed by atoms with Gasteiger partial charge in [0.1, 0.15) is 5.52 Å². The number of carbonyl (C=O) groups is 2. The van der Waals surface area contributed by atoms with Crippen molar-refractivity contribution in [2.45, 2.75) is 78.4 Å². The van der Waals surface area contributed by atoms with E-state index in [-0.39, 0.29) is 41.9 Å². The van der Waals surface area contributed by atoms with Gasteiger partial charge >= 0.3 is 17.7 Å². The van der Waals surface area contributed by atoms with Crippen LogP contribution in [-0.2, 0) is 33.8 Å². The SMILES string of the molecule is CCCCOc1nc(N)c2[nH]c(=O)n(CCCC(CCN(CC)CC(=O)NCc3ccc(CC(=O)OC)cc3)NCC)c2n1. The maximum Gasteiger partial charge on any atom is 0.327 e. The number of unbranched alkanes of at least 4 members (excludes halogenated alkanes) is 1. The van der Waals surface area contributed by atoms with E-state index in [4.69, 9.17) is 15.2 Å². The number of likely N-dealkylation sites (N-methyl/N-ethyl adjacent to an activating group) is 1. The number of aryl methyl sites for hydroxylation is 1. The number of ether oxygens (including phenoxy) is 2. The number of H-pyrrole nitrogens is 1. The molecule has 0 aliphatic heterocycles. The van der Waals surface area contributed by atoms with E-state index in [1.165, 1.54) is 7.11 Å². The molecule has 0 aliphatic rings. The molecule has 13 heteroatoms. The number of methoxy groups -OCH3 is 1. The number of imidazole rings is 1. The highest BCUT2D eigenvalue weighted by Crippen LogP contribution is 2.18. The molecule has 1 unspecified atom stereocenters. The molecule has 0 saturated heterocycles. The summed E-state index contributed by atoms with van der Waals surface area (Å²) in [7, 11) is 1.37. The molecular weight excluding hydrogens is 564 g/mol. The molecule has 1 amide bonds. The van der Waals surface area contributed by atoms with Gasteiger partial charge < -0.3 is 30.8 Å². The minimum absolute atomic E-state index is 0.0384. The number of esters is 1. The maximum atomic E-state index is 12.7. The number of nitrogen functional groups attached to an aromatic ring is 1. The van der Waals surface area contributed by atoms with Crippen molar-refractivity contribution in [2.24, 2.45) is 0 Å². The van der Waals surface area contributed by atoms with Gasteiger partial charge in [0.05, 0.1) is 26.7 Å². The summed E-state index contributed by atoms with van der Waals surface area (Å²) < 4.78 is 11.9. The van der Waals surface area contributed by atoms with Crippen LogP contribution in [0.25, 0.3) is 11.2 Å². The molecule has 5 N–H and O–H groups in total. The van der Waals surface area contributed by atoms with Gasteiger partial charge in [0, 0.05) is 25.7 Å². The lowest BCUT2D eigenvalue weighted by molar-refractivity contribution is -0.139. The molecule has 0 bridgehead atoms. The Kier molecular flexibility index (Phi) is 14.1. The van der Waals surface area contributed by atoms with E-state index in [9.17, 15) is 14.4 Å². The first-order valence-corrected chi connectivity index (χ1v) is 15.5. The van der Waals surface area contributed by atoms with E-state index >= 15 is 0 Å². The Balaban J connectivity index is 1.48. The number of nitrogens with two attached hydrogens (primary N) is 1. The Bertz CT molecular complexity index is 1390. The van der Waals surface area contributed by atoms with Gasteiger partial charge in [-0.3, -0.25) is 19.1 Å². The zero-order chi connectivity index (χ0) is 31.9. The highest BCUT2D eigenvalue weighted by atomic mass is 16.5. The average Bonchev–Trinajstić information content (AvgIpc) is 3.34. The Morgan fingerprint density at radius 3 is 2.52 bits per heavy atom. The van der Waals surface area contributed by atoms with Crippen LogP contribution in [0.15, 0.2) is 29.1 Å². The molecule has 1 aromatic carbocycles. The van der Waals surface area contributed by atoms with Crippen molar-refractivity contribution >= 4 is 28.9 Å². The molecule has 2 heterocycles. The number of anilines is 1. The Morgan fingerprint density at radius 2 is 1.84 bits per heavy atom. The van der Waals surface area contributed by atoms with Crippen molar-refractivity contribution < 1.29 is 19.1 Å². The monoisotopic (exact) mass is 612 g/mol. The van der Waals surface area contributed by atoms with Crippen molar-refractivity contribution in [1.29, 1.82) is 0 Å². The van der Waals surface area contributed by atoms with E-state index in [1.807, 2.05) is 31.2 Å². The standard InChI is InChI=1S/C31H48N8O5/c1-5-8-18-44-30-36-28(32)27-29(37-30)39(31(42)35-27)16-9-10-24(33-6-2)15-17-38(7-3)21-25(40)34-20-23-13-11-22(12-14-23)19-26(41)43-4/h11-14,24,33H,5-10,15-21H2,1-4H3,(H,34,40)(H,35,42)(H2,32,36,37). The number of benzene rings is 1. The molecule has 44 heavy (non-hydrogen) atoms. The largest absolute Gasteiger partial charge is 0.469 e. The first-order valence-electron chi connectivity index (χ1n) is 15.5. The highest BCUT2D eigenvalue weighted by Gasteiger charge is 2.17. The molecule has 3 aromatic rings. The Labute approximate surface area is 258 Å². The fraction of sp³-hybridized carbons (Fsp3) is 0.581. The molecule has 3 rings (SSSR count). The van der Waals surface area contributed by atoms with Crippen LogP contribution >= 0.6 is 0 Å². The summed E-state index contributed by atoms with van der Waals surface area (Å²) in [4.78, 5) is 50.3. The molecule has 0 saturated carbocycles. The molecule has 0 aliphatic carbocycles. The van der Waals surface area contributed by atoms with Crippen LogP contribution in [0.4, 0.5) is 5.82 Å². The Hall–Kier alpha value is -3.97. The van der Waals surface area contributed by atoms with Crippen LogP contribution in [0.2, 0.25) is 0 Å². The maximum absolute atomic E-state index is 12.7. The number of amides is 1. The lowest BCUT2D eigenvalue weighted by atomic mass is 10.1.